The lowest BCUT2D eigenvalue weighted by atomic mass is 9.90. The van der Waals surface area contributed by atoms with Crippen LogP contribution in [0.25, 0.3) is 0 Å². The number of benzene rings is 1. The fourth-order valence-corrected chi connectivity index (χ4v) is 4.03. The summed E-state index contributed by atoms with van der Waals surface area (Å²) in [7, 11) is 0. The molecule has 26 heavy (non-hydrogen) atoms. The number of likely N-dealkylation sites (tertiary alicyclic amines) is 1. The van der Waals surface area contributed by atoms with Crippen LogP contribution in [0.2, 0.25) is 0 Å². The van der Waals surface area contributed by atoms with Crippen molar-refractivity contribution in [2.75, 3.05) is 19.7 Å². The molecule has 1 aromatic carbocycles. The molecule has 5 heteroatoms. The van der Waals surface area contributed by atoms with E-state index in [4.69, 9.17) is 9.84 Å². The lowest BCUT2D eigenvalue weighted by Gasteiger charge is -2.32. The Morgan fingerprint density at radius 2 is 1.96 bits per heavy atom. The van der Waals surface area contributed by atoms with Crippen molar-refractivity contribution < 1.29 is 19.4 Å². The number of piperidine rings is 1. The van der Waals surface area contributed by atoms with E-state index in [1.807, 2.05) is 24.8 Å². The summed E-state index contributed by atoms with van der Waals surface area (Å²) in [6.45, 7) is 6.13. The number of hydrogen-bond acceptors (Lipinski definition) is 3. The number of carboxylic acids is 1. The highest BCUT2D eigenvalue weighted by Crippen LogP contribution is 2.59. The molecule has 2 aliphatic rings. The topological polar surface area (TPSA) is 66.8 Å². The molecule has 3 rings (SSSR count). The summed E-state index contributed by atoms with van der Waals surface area (Å²) in [6, 6.07) is 6.18. The van der Waals surface area contributed by atoms with E-state index in [1.165, 1.54) is 5.56 Å². The average molecular weight is 359 g/mol. The summed E-state index contributed by atoms with van der Waals surface area (Å²) in [4.78, 5) is 25.4. The number of aliphatic carboxylic acids is 1. The molecular weight excluding hydrogens is 330 g/mol. The van der Waals surface area contributed by atoms with Gasteiger partial charge < -0.3 is 14.7 Å². The van der Waals surface area contributed by atoms with Crippen LogP contribution in [0.5, 0.6) is 5.75 Å². The predicted octanol–water partition coefficient (Wildman–Crippen LogP) is 3.57. The molecule has 1 N–H and O–H groups in total. The molecule has 1 unspecified atom stereocenters. The van der Waals surface area contributed by atoms with Gasteiger partial charge in [-0.1, -0.05) is 12.1 Å². The zero-order valence-electron chi connectivity index (χ0n) is 15.8. The van der Waals surface area contributed by atoms with E-state index < -0.39 is 5.97 Å². The van der Waals surface area contributed by atoms with E-state index in [9.17, 15) is 9.59 Å². The van der Waals surface area contributed by atoms with Gasteiger partial charge in [0.2, 0.25) is 5.91 Å². The minimum absolute atomic E-state index is 0.0118. The molecule has 1 aliphatic carbocycles. The zero-order valence-corrected chi connectivity index (χ0v) is 15.8. The van der Waals surface area contributed by atoms with Crippen molar-refractivity contribution in [3.05, 3.63) is 29.3 Å². The van der Waals surface area contributed by atoms with Crippen LogP contribution in [-0.4, -0.2) is 41.6 Å². The molecule has 2 fully saturated rings. The monoisotopic (exact) mass is 359 g/mol. The third kappa shape index (κ3) is 4.19. The van der Waals surface area contributed by atoms with Gasteiger partial charge in [0.15, 0.2) is 0 Å². The van der Waals surface area contributed by atoms with Gasteiger partial charge in [-0.05, 0) is 68.6 Å². The van der Waals surface area contributed by atoms with Gasteiger partial charge in [-0.3, -0.25) is 9.59 Å². The third-order valence-electron chi connectivity index (χ3n) is 5.99. The van der Waals surface area contributed by atoms with Crippen LogP contribution >= 0.6 is 0 Å². The maximum absolute atomic E-state index is 12.3. The Kier molecular flexibility index (Phi) is 5.54. The van der Waals surface area contributed by atoms with Crippen molar-refractivity contribution in [1.29, 1.82) is 0 Å². The van der Waals surface area contributed by atoms with Crippen LogP contribution in [0.3, 0.4) is 0 Å². The number of unbranched alkanes of at least 4 members (excludes halogenated alkanes) is 1. The molecule has 1 atom stereocenters. The van der Waals surface area contributed by atoms with Gasteiger partial charge in [0.05, 0.1) is 12.5 Å². The first-order valence-corrected chi connectivity index (χ1v) is 9.62. The maximum Gasteiger partial charge on any atom is 0.307 e. The quantitative estimate of drug-likeness (QED) is 0.756. The van der Waals surface area contributed by atoms with Gasteiger partial charge in [0.25, 0.3) is 0 Å². The first kappa shape index (κ1) is 18.7. The van der Waals surface area contributed by atoms with Crippen molar-refractivity contribution in [3.63, 3.8) is 0 Å². The Bertz CT molecular complexity index is 677. The van der Waals surface area contributed by atoms with E-state index in [2.05, 4.69) is 12.1 Å². The SMILES string of the molecule is Cc1ccc(C)c(OCCCCC(=O)N2CCC3(CC2)CC3C(=O)O)c1. The lowest BCUT2D eigenvalue weighted by molar-refractivity contribution is -0.139. The molecule has 1 amide bonds. The predicted molar refractivity (Wildman–Crippen MR) is 99.3 cm³/mol. The fraction of sp³-hybridized carbons (Fsp3) is 0.619. The Morgan fingerprint density at radius 3 is 2.62 bits per heavy atom. The highest BCUT2D eigenvalue weighted by Gasteiger charge is 2.59. The smallest absolute Gasteiger partial charge is 0.307 e. The van der Waals surface area contributed by atoms with Crippen molar-refractivity contribution in [2.45, 2.75) is 52.4 Å². The summed E-state index contributed by atoms with van der Waals surface area (Å²) in [5.74, 6) is 0.268. The molecule has 5 nitrogen and oxygen atoms in total. The standard InChI is InChI=1S/C21H29NO4/c1-15-6-7-16(2)18(13-15)26-12-4-3-5-19(23)22-10-8-21(9-11-22)14-17(21)20(24)25/h6-7,13,17H,3-5,8-12,14H2,1-2H3,(H,24,25). The van der Waals surface area contributed by atoms with Gasteiger partial charge in [-0.15, -0.1) is 0 Å². The number of carbonyl (C=O) groups is 2. The molecule has 0 bridgehead atoms. The van der Waals surface area contributed by atoms with Gasteiger partial charge in [-0.2, -0.15) is 0 Å². The molecule has 1 saturated heterocycles. The molecule has 1 heterocycles. The Hall–Kier alpha value is -2.04. The van der Waals surface area contributed by atoms with E-state index in [1.54, 1.807) is 0 Å². The Balaban J connectivity index is 1.33. The lowest BCUT2D eigenvalue weighted by Crippen LogP contribution is -2.39. The second kappa shape index (κ2) is 7.68. The second-order valence-corrected chi connectivity index (χ2v) is 7.91. The largest absolute Gasteiger partial charge is 0.493 e. The van der Waals surface area contributed by atoms with Crippen LogP contribution in [-0.2, 0) is 9.59 Å². The molecule has 0 aromatic heterocycles. The fourth-order valence-electron chi connectivity index (χ4n) is 4.03. The molecular formula is C21H29NO4. The highest BCUT2D eigenvalue weighted by atomic mass is 16.5. The summed E-state index contributed by atoms with van der Waals surface area (Å²) >= 11 is 0. The maximum atomic E-state index is 12.3. The number of nitrogens with zero attached hydrogens (tertiary/aromatic N) is 1. The Morgan fingerprint density at radius 1 is 1.23 bits per heavy atom. The van der Waals surface area contributed by atoms with E-state index in [0.717, 1.165) is 43.4 Å². The zero-order chi connectivity index (χ0) is 18.7. The number of hydrogen-bond donors (Lipinski definition) is 1. The molecule has 142 valence electrons. The molecule has 1 saturated carbocycles. The second-order valence-electron chi connectivity index (χ2n) is 7.91. The van der Waals surface area contributed by atoms with Gasteiger partial charge >= 0.3 is 5.97 Å². The van der Waals surface area contributed by atoms with Crippen LogP contribution in [0.1, 0.15) is 49.7 Å². The number of amides is 1. The molecule has 1 aromatic rings. The first-order chi connectivity index (χ1) is 12.4. The number of carbonyl (C=O) groups excluding carboxylic acids is 1. The number of ether oxygens (including phenoxy) is 1. The number of carboxylic acid groups (broad SMARTS) is 1. The summed E-state index contributed by atoms with van der Waals surface area (Å²) in [5.41, 5.74) is 2.31. The molecule has 1 aliphatic heterocycles. The summed E-state index contributed by atoms with van der Waals surface area (Å²) in [6.07, 6.45) is 4.70. The van der Waals surface area contributed by atoms with Crippen molar-refractivity contribution >= 4 is 11.9 Å². The van der Waals surface area contributed by atoms with Gasteiger partial charge in [0, 0.05) is 19.5 Å². The van der Waals surface area contributed by atoms with Gasteiger partial charge in [-0.25, -0.2) is 0 Å². The first-order valence-electron chi connectivity index (χ1n) is 9.62. The minimum Gasteiger partial charge on any atom is -0.493 e. The van der Waals surface area contributed by atoms with Crippen molar-refractivity contribution in [3.8, 4) is 5.75 Å². The Labute approximate surface area is 155 Å². The van der Waals surface area contributed by atoms with Crippen LogP contribution in [0.4, 0.5) is 0 Å². The van der Waals surface area contributed by atoms with E-state index >= 15 is 0 Å². The van der Waals surface area contributed by atoms with Gasteiger partial charge in [0.1, 0.15) is 5.75 Å². The molecule has 0 radical (unpaired) electrons. The van der Waals surface area contributed by atoms with Crippen molar-refractivity contribution in [1.82, 2.24) is 4.90 Å². The third-order valence-corrected chi connectivity index (χ3v) is 5.99. The van der Waals surface area contributed by atoms with E-state index in [0.29, 0.717) is 26.1 Å². The van der Waals surface area contributed by atoms with Crippen molar-refractivity contribution in [2.24, 2.45) is 11.3 Å². The number of aryl methyl sites for hydroxylation is 2. The number of rotatable bonds is 7. The van der Waals surface area contributed by atoms with Crippen LogP contribution in [0, 0.1) is 25.2 Å². The normalized spacial score (nSPS) is 20.8. The highest BCUT2D eigenvalue weighted by molar-refractivity contribution is 5.77. The average Bonchev–Trinajstić information content (AvgIpc) is 3.32. The summed E-state index contributed by atoms with van der Waals surface area (Å²) < 4.78 is 5.83. The van der Waals surface area contributed by atoms with Crippen LogP contribution < -0.4 is 4.74 Å². The minimum atomic E-state index is -0.673. The summed E-state index contributed by atoms with van der Waals surface area (Å²) in [5, 5.41) is 9.13. The van der Waals surface area contributed by atoms with Crippen LogP contribution in [0.15, 0.2) is 18.2 Å². The van der Waals surface area contributed by atoms with E-state index in [-0.39, 0.29) is 17.2 Å². The molecule has 1 spiro atoms.